The van der Waals surface area contributed by atoms with Crippen LogP contribution in [0.1, 0.15) is 27.9 Å². The van der Waals surface area contributed by atoms with Crippen molar-refractivity contribution < 1.29 is 0 Å². The monoisotopic (exact) mass is 380 g/mol. The van der Waals surface area contributed by atoms with Crippen molar-refractivity contribution in [3.05, 3.63) is 81.0 Å². The highest BCUT2D eigenvalue weighted by atomic mass is 79.9. The third-order valence-corrected chi connectivity index (χ3v) is 4.44. The van der Waals surface area contributed by atoms with E-state index in [9.17, 15) is 5.26 Å². The fourth-order valence-corrected chi connectivity index (χ4v) is 2.82. The number of nitrogen functional groups attached to an aromatic ring is 1. The van der Waals surface area contributed by atoms with Gasteiger partial charge in [0, 0.05) is 10.9 Å². The van der Waals surface area contributed by atoms with Gasteiger partial charge in [-0.25, -0.2) is 4.68 Å². The molecule has 120 valence electrons. The van der Waals surface area contributed by atoms with Gasteiger partial charge in [0.15, 0.2) is 0 Å². The van der Waals surface area contributed by atoms with E-state index in [1.807, 2.05) is 24.3 Å². The van der Waals surface area contributed by atoms with Gasteiger partial charge in [0.1, 0.15) is 17.5 Å². The standard InChI is InChI=1S/C19H17BrN4/c1-13-2-4-15(5-3-13)12-24-19(22)17(11-21)18(23-24)10-14-6-8-16(20)9-7-14/h2-9H,10,12,22H2,1H3. The Morgan fingerprint density at radius 2 is 1.71 bits per heavy atom. The van der Waals surface area contributed by atoms with E-state index in [0.29, 0.717) is 30.0 Å². The summed E-state index contributed by atoms with van der Waals surface area (Å²) in [5.41, 5.74) is 10.7. The van der Waals surface area contributed by atoms with Crippen molar-refractivity contribution in [2.24, 2.45) is 0 Å². The van der Waals surface area contributed by atoms with Crippen LogP contribution in [-0.2, 0) is 13.0 Å². The molecule has 3 aromatic rings. The predicted molar refractivity (Wildman–Crippen MR) is 98.6 cm³/mol. The Morgan fingerprint density at radius 1 is 1.08 bits per heavy atom. The molecule has 0 aliphatic rings. The first-order valence-corrected chi connectivity index (χ1v) is 8.41. The SMILES string of the molecule is Cc1ccc(Cn2nc(Cc3ccc(Br)cc3)c(C#N)c2N)cc1. The molecular weight excluding hydrogens is 364 g/mol. The molecule has 2 aromatic carbocycles. The van der Waals surface area contributed by atoms with Crippen molar-refractivity contribution in [2.45, 2.75) is 19.9 Å². The zero-order valence-corrected chi connectivity index (χ0v) is 14.9. The lowest BCUT2D eigenvalue weighted by Crippen LogP contribution is -2.06. The van der Waals surface area contributed by atoms with Crippen LogP contribution in [0.5, 0.6) is 0 Å². The van der Waals surface area contributed by atoms with Crippen molar-refractivity contribution >= 4 is 21.7 Å². The lowest BCUT2D eigenvalue weighted by Gasteiger charge is -2.04. The Morgan fingerprint density at radius 3 is 2.33 bits per heavy atom. The first-order chi connectivity index (χ1) is 11.6. The second kappa shape index (κ2) is 6.90. The van der Waals surface area contributed by atoms with E-state index in [4.69, 9.17) is 5.73 Å². The van der Waals surface area contributed by atoms with Gasteiger partial charge in [-0.3, -0.25) is 0 Å². The molecule has 0 bridgehead atoms. The van der Waals surface area contributed by atoms with Crippen LogP contribution in [-0.4, -0.2) is 9.78 Å². The molecule has 0 spiro atoms. The highest BCUT2D eigenvalue weighted by molar-refractivity contribution is 9.10. The van der Waals surface area contributed by atoms with Crippen LogP contribution in [0, 0.1) is 18.3 Å². The molecule has 0 fully saturated rings. The van der Waals surface area contributed by atoms with Gasteiger partial charge in [-0.1, -0.05) is 57.9 Å². The van der Waals surface area contributed by atoms with E-state index in [1.165, 1.54) is 5.56 Å². The number of nitrogens with two attached hydrogens (primary N) is 1. The summed E-state index contributed by atoms with van der Waals surface area (Å²) in [7, 11) is 0. The normalized spacial score (nSPS) is 10.5. The second-order valence-corrected chi connectivity index (χ2v) is 6.68. The van der Waals surface area contributed by atoms with Crippen LogP contribution in [0.2, 0.25) is 0 Å². The summed E-state index contributed by atoms with van der Waals surface area (Å²) in [5, 5.41) is 14.0. The Balaban J connectivity index is 1.89. The first kappa shape index (κ1) is 16.3. The number of anilines is 1. The van der Waals surface area contributed by atoms with Crippen LogP contribution in [0.25, 0.3) is 0 Å². The highest BCUT2D eigenvalue weighted by Crippen LogP contribution is 2.21. The van der Waals surface area contributed by atoms with E-state index >= 15 is 0 Å². The lowest BCUT2D eigenvalue weighted by molar-refractivity contribution is 0.684. The van der Waals surface area contributed by atoms with Gasteiger partial charge in [-0.05, 0) is 30.2 Å². The quantitative estimate of drug-likeness (QED) is 0.742. The summed E-state index contributed by atoms with van der Waals surface area (Å²) in [5.74, 6) is 0.421. The zero-order valence-electron chi connectivity index (χ0n) is 13.3. The van der Waals surface area contributed by atoms with Crippen LogP contribution in [0.4, 0.5) is 5.82 Å². The number of aromatic nitrogens is 2. The molecule has 2 N–H and O–H groups in total. The Labute approximate surface area is 149 Å². The molecular formula is C19H17BrN4. The van der Waals surface area contributed by atoms with Gasteiger partial charge in [0.05, 0.1) is 12.2 Å². The van der Waals surface area contributed by atoms with E-state index in [0.717, 1.165) is 15.6 Å². The fourth-order valence-electron chi connectivity index (χ4n) is 2.55. The predicted octanol–water partition coefficient (Wildman–Crippen LogP) is 4.05. The Bertz CT molecular complexity index is 887. The number of aryl methyl sites for hydroxylation is 1. The van der Waals surface area contributed by atoms with Gasteiger partial charge in [-0.2, -0.15) is 10.4 Å². The summed E-state index contributed by atoms with van der Waals surface area (Å²) in [6, 6.07) is 18.4. The number of halogens is 1. The number of hydrogen-bond acceptors (Lipinski definition) is 3. The minimum Gasteiger partial charge on any atom is -0.383 e. The number of benzene rings is 2. The molecule has 0 aliphatic heterocycles. The van der Waals surface area contributed by atoms with Gasteiger partial charge in [0.25, 0.3) is 0 Å². The molecule has 0 radical (unpaired) electrons. The molecule has 0 saturated heterocycles. The van der Waals surface area contributed by atoms with Crippen LogP contribution in [0.3, 0.4) is 0 Å². The van der Waals surface area contributed by atoms with Gasteiger partial charge in [-0.15, -0.1) is 0 Å². The lowest BCUT2D eigenvalue weighted by atomic mass is 10.1. The van der Waals surface area contributed by atoms with E-state index in [2.05, 4.69) is 58.3 Å². The first-order valence-electron chi connectivity index (χ1n) is 7.62. The molecule has 4 nitrogen and oxygen atoms in total. The Hall–Kier alpha value is -2.58. The topological polar surface area (TPSA) is 67.6 Å². The third kappa shape index (κ3) is 3.50. The van der Waals surface area contributed by atoms with Crippen molar-refractivity contribution in [1.82, 2.24) is 9.78 Å². The minimum atomic E-state index is 0.421. The summed E-state index contributed by atoms with van der Waals surface area (Å²) >= 11 is 3.42. The van der Waals surface area contributed by atoms with Crippen molar-refractivity contribution in [1.29, 1.82) is 5.26 Å². The molecule has 24 heavy (non-hydrogen) atoms. The van der Waals surface area contributed by atoms with E-state index in [-0.39, 0.29) is 0 Å². The van der Waals surface area contributed by atoms with Gasteiger partial charge in [0.2, 0.25) is 0 Å². The van der Waals surface area contributed by atoms with Crippen LogP contribution >= 0.6 is 15.9 Å². The summed E-state index contributed by atoms with van der Waals surface area (Å²) in [6.07, 6.45) is 0.585. The second-order valence-electron chi connectivity index (χ2n) is 5.77. The molecule has 0 atom stereocenters. The average molecular weight is 381 g/mol. The number of nitriles is 1. The van der Waals surface area contributed by atoms with Gasteiger partial charge < -0.3 is 5.73 Å². The van der Waals surface area contributed by atoms with Crippen LogP contribution < -0.4 is 5.73 Å². The largest absolute Gasteiger partial charge is 0.383 e. The number of nitrogens with zero attached hydrogens (tertiary/aromatic N) is 3. The molecule has 5 heteroatoms. The highest BCUT2D eigenvalue weighted by Gasteiger charge is 2.16. The van der Waals surface area contributed by atoms with Crippen molar-refractivity contribution in [3.8, 4) is 6.07 Å². The molecule has 0 unspecified atom stereocenters. The molecule has 1 heterocycles. The number of rotatable bonds is 4. The smallest absolute Gasteiger partial charge is 0.140 e. The van der Waals surface area contributed by atoms with E-state index in [1.54, 1.807) is 4.68 Å². The van der Waals surface area contributed by atoms with Gasteiger partial charge >= 0.3 is 0 Å². The molecule has 0 aliphatic carbocycles. The Kier molecular flexibility index (Phi) is 4.68. The van der Waals surface area contributed by atoms with Crippen LogP contribution in [0.15, 0.2) is 53.0 Å². The third-order valence-electron chi connectivity index (χ3n) is 3.91. The molecule has 0 amide bonds. The maximum absolute atomic E-state index is 9.45. The minimum absolute atomic E-state index is 0.421. The van der Waals surface area contributed by atoms with Crippen molar-refractivity contribution in [3.63, 3.8) is 0 Å². The van der Waals surface area contributed by atoms with Crippen molar-refractivity contribution in [2.75, 3.05) is 5.73 Å². The number of hydrogen-bond donors (Lipinski definition) is 1. The summed E-state index contributed by atoms with van der Waals surface area (Å²) in [6.45, 7) is 2.61. The maximum Gasteiger partial charge on any atom is 0.140 e. The molecule has 3 rings (SSSR count). The maximum atomic E-state index is 9.45. The summed E-state index contributed by atoms with van der Waals surface area (Å²) < 4.78 is 2.73. The zero-order chi connectivity index (χ0) is 17.1. The fraction of sp³-hybridized carbons (Fsp3) is 0.158. The molecule has 0 saturated carbocycles. The molecule has 1 aromatic heterocycles. The van der Waals surface area contributed by atoms with E-state index < -0.39 is 0 Å². The average Bonchev–Trinajstić information content (AvgIpc) is 2.86. The summed E-state index contributed by atoms with van der Waals surface area (Å²) in [4.78, 5) is 0.